The molecule has 0 spiro atoms. The van der Waals surface area contributed by atoms with Gasteiger partial charge in [0.15, 0.2) is 0 Å². The van der Waals surface area contributed by atoms with Crippen molar-refractivity contribution in [3.8, 4) is 0 Å². The zero-order valence-electron chi connectivity index (χ0n) is 16.7. The molecule has 0 aromatic rings. The lowest BCUT2D eigenvalue weighted by Crippen LogP contribution is -2.55. The Labute approximate surface area is 169 Å². The summed E-state index contributed by atoms with van der Waals surface area (Å²) in [4.78, 5) is 47.7. The van der Waals surface area contributed by atoms with Crippen LogP contribution in [0.1, 0.15) is 33.6 Å². The third-order valence-electron chi connectivity index (χ3n) is 4.28. The van der Waals surface area contributed by atoms with Gasteiger partial charge < -0.3 is 31.9 Å². The molecule has 28 heavy (non-hydrogen) atoms. The Morgan fingerprint density at radius 3 is 2.18 bits per heavy atom. The van der Waals surface area contributed by atoms with E-state index in [9.17, 15) is 29.4 Å². The van der Waals surface area contributed by atoms with Crippen molar-refractivity contribution in [1.29, 1.82) is 0 Å². The molecule has 0 rings (SSSR count). The summed E-state index contributed by atoms with van der Waals surface area (Å²) in [6, 6.07) is -3.17. The Morgan fingerprint density at radius 1 is 1.11 bits per heavy atom. The first-order valence-electron chi connectivity index (χ1n) is 9.07. The lowest BCUT2D eigenvalue weighted by atomic mass is 9.99. The van der Waals surface area contributed by atoms with E-state index >= 15 is 0 Å². The quantitative estimate of drug-likeness (QED) is 0.213. The number of thioether (sulfide) groups is 1. The van der Waals surface area contributed by atoms with E-state index in [0.717, 1.165) is 0 Å². The van der Waals surface area contributed by atoms with Crippen LogP contribution in [-0.4, -0.2) is 76.7 Å². The molecule has 0 bridgehead atoms. The number of aliphatic hydroxyl groups is 1. The summed E-state index contributed by atoms with van der Waals surface area (Å²) in [7, 11) is 0. The number of nitrogens with two attached hydrogens (primary N) is 1. The van der Waals surface area contributed by atoms with Gasteiger partial charge in [0.25, 0.3) is 0 Å². The van der Waals surface area contributed by atoms with Gasteiger partial charge >= 0.3 is 5.97 Å². The van der Waals surface area contributed by atoms with Crippen molar-refractivity contribution in [2.24, 2.45) is 11.7 Å². The molecule has 0 heterocycles. The second-order valence-electron chi connectivity index (χ2n) is 6.60. The van der Waals surface area contributed by atoms with Gasteiger partial charge in [-0.3, -0.25) is 14.4 Å². The molecule has 10 nitrogen and oxygen atoms in total. The van der Waals surface area contributed by atoms with E-state index in [1.54, 1.807) is 6.92 Å². The molecule has 0 saturated carbocycles. The Bertz CT molecular complexity index is 546. The molecule has 5 unspecified atom stereocenters. The summed E-state index contributed by atoms with van der Waals surface area (Å²) in [5.74, 6) is -2.77. The molecule has 7 N–H and O–H groups in total. The van der Waals surface area contributed by atoms with Crippen LogP contribution in [0.3, 0.4) is 0 Å². The maximum atomic E-state index is 12.5. The van der Waals surface area contributed by atoms with Crippen LogP contribution in [0, 0.1) is 5.92 Å². The van der Waals surface area contributed by atoms with Gasteiger partial charge in [-0.1, -0.05) is 20.3 Å². The minimum Gasteiger partial charge on any atom is -0.480 e. The zero-order valence-corrected chi connectivity index (χ0v) is 17.5. The first-order chi connectivity index (χ1) is 13.0. The van der Waals surface area contributed by atoms with Crippen molar-refractivity contribution in [2.45, 2.75) is 57.8 Å². The van der Waals surface area contributed by atoms with Crippen LogP contribution in [0.25, 0.3) is 0 Å². The molecule has 0 fully saturated rings. The minimum absolute atomic E-state index is 0.278. The number of hydrogen-bond donors (Lipinski definition) is 6. The second kappa shape index (κ2) is 13.3. The summed E-state index contributed by atoms with van der Waals surface area (Å²) < 4.78 is 0. The first kappa shape index (κ1) is 26.1. The number of hydrogen-bond acceptors (Lipinski definition) is 7. The lowest BCUT2D eigenvalue weighted by molar-refractivity contribution is -0.143. The van der Waals surface area contributed by atoms with Crippen LogP contribution >= 0.6 is 11.8 Å². The Hall–Kier alpha value is -1.85. The van der Waals surface area contributed by atoms with E-state index in [-0.39, 0.29) is 5.92 Å². The van der Waals surface area contributed by atoms with Crippen LogP contribution in [0.4, 0.5) is 0 Å². The third kappa shape index (κ3) is 9.38. The van der Waals surface area contributed by atoms with Crippen molar-refractivity contribution < 1.29 is 29.4 Å². The molecular weight excluding hydrogens is 388 g/mol. The van der Waals surface area contributed by atoms with Gasteiger partial charge in [-0.25, -0.2) is 4.79 Å². The molecule has 0 aliphatic carbocycles. The van der Waals surface area contributed by atoms with Crippen molar-refractivity contribution in [1.82, 2.24) is 16.0 Å². The molecule has 3 amide bonds. The number of rotatable bonds is 13. The summed E-state index contributed by atoms with van der Waals surface area (Å²) in [6.45, 7) is 4.47. The van der Waals surface area contributed by atoms with Crippen LogP contribution in [-0.2, 0) is 19.2 Å². The zero-order chi connectivity index (χ0) is 21.9. The van der Waals surface area contributed by atoms with Gasteiger partial charge in [-0.2, -0.15) is 11.8 Å². The molecule has 0 aromatic heterocycles. The average molecular weight is 421 g/mol. The predicted octanol–water partition coefficient (Wildman–Crippen LogP) is -1.34. The fraction of sp³-hybridized carbons (Fsp3) is 0.765. The van der Waals surface area contributed by atoms with Crippen molar-refractivity contribution in [2.75, 3.05) is 18.6 Å². The van der Waals surface area contributed by atoms with Crippen LogP contribution < -0.4 is 21.7 Å². The topological polar surface area (TPSA) is 171 Å². The van der Waals surface area contributed by atoms with Crippen LogP contribution in [0.15, 0.2) is 0 Å². The maximum absolute atomic E-state index is 12.5. The highest BCUT2D eigenvalue weighted by Crippen LogP contribution is 2.09. The number of aliphatic carboxylic acids is 1. The number of carbonyl (C=O) groups is 4. The summed E-state index contributed by atoms with van der Waals surface area (Å²) in [6.07, 6.45) is 1.63. The molecule has 0 saturated heterocycles. The number of aliphatic hydroxyl groups excluding tert-OH is 1. The number of carbonyl (C=O) groups excluding carboxylic acids is 3. The summed E-state index contributed by atoms with van der Waals surface area (Å²) in [5.41, 5.74) is 5.47. The maximum Gasteiger partial charge on any atom is 0.326 e. The molecule has 0 aliphatic rings. The van der Waals surface area contributed by atoms with Crippen LogP contribution in [0.5, 0.6) is 0 Å². The smallest absolute Gasteiger partial charge is 0.326 e. The highest BCUT2D eigenvalue weighted by atomic mass is 32.2. The number of nitrogens with one attached hydrogen (secondary N) is 3. The Balaban J connectivity index is 4.92. The van der Waals surface area contributed by atoms with E-state index in [1.165, 1.54) is 18.7 Å². The van der Waals surface area contributed by atoms with Crippen molar-refractivity contribution >= 4 is 35.5 Å². The number of carboxylic acid groups (broad SMARTS) is 1. The largest absolute Gasteiger partial charge is 0.480 e. The van der Waals surface area contributed by atoms with E-state index in [2.05, 4.69) is 16.0 Å². The molecule has 11 heteroatoms. The number of amides is 3. The SMILES string of the molecule is CCC(C)C(NC(=O)C(CCSC)NC(=O)CNC(=O)C(N)C(C)O)C(=O)O. The van der Waals surface area contributed by atoms with Crippen molar-refractivity contribution in [3.05, 3.63) is 0 Å². The normalized spacial score (nSPS) is 16.2. The Kier molecular flexibility index (Phi) is 12.5. The van der Waals surface area contributed by atoms with Gasteiger partial charge in [-0.15, -0.1) is 0 Å². The fourth-order valence-electron chi connectivity index (χ4n) is 2.19. The third-order valence-corrected chi connectivity index (χ3v) is 4.93. The highest BCUT2D eigenvalue weighted by molar-refractivity contribution is 7.98. The monoisotopic (exact) mass is 420 g/mol. The van der Waals surface area contributed by atoms with Gasteiger partial charge in [0.1, 0.15) is 18.1 Å². The highest BCUT2D eigenvalue weighted by Gasteiger charge is 2.29. The van der Waals surface area contributed by atoms with Gasteiger partial charge in [0, 0.05) is 0 Å². The molecule has 162 valence electrons. The molecule has 5 atom stereocenters. The van der Waals surface area contributed by atoms with E-state index < -0.39 is 54.5 Å². The Morgan fingerprint density at radius 2 is 1.71 bits per heavy atom. The van der Waals surface area contributed by atoms with E-state index in [1.807, 2.05) is 13.2 Å². The lowest BCUT2D eigenvalue weighted by Gasteiger charge is -2.24. The standard InChI is InChI=1S/C17H32N4O6S/c1-5-9(2)14(17(26)27)21-15(24)11(6-7-28-4)20-12(23)8-19-16(25)13(18)10(3)22/h9-11,13-14,22H,5-8,18H2,1-4H3,(H,19,25)(H,20,23)(H,21,24)(H,26,27). The second-order valence-corrected chi connectivity index (χ2v) is 7.58. The van der Waals surface area contributed by atoms with Gasteiger partial charge in [-0.05, 0) is 31.3 Å². The molecule has 0 radical (unpaired) electrons. The molecule has 0 aliphatic heterocycles. The van der Waals surface area contributed by atoms with E-state index in [0.29, 0.717) is 18.6 Å². The summed E-state index contributed by atoms with van der Waals surface area (Å²) >= 11 is 1.47. The van der Waals surface area contributed by atoms with E-state index in [4.69, 9.17) is 5.73 Å². The first-order valence-corrected chi connectivity index (χ1v) is 10.5. The minimum atomic E-state index is -1.17. The van der Waals surface area contributed by atoms with Crippen molar-refractivity contribution in [3.63, 3.8) is 0 Å². The average Bonchev–Trinajstić information content (AvgIpc) is 2.65. The summed E-state index contributed by atoms with van der Waals surface area (Å²) in [5, 5.41) is 25.9. The number of carboxylic acids is 1. The van der Waals surface area contributed by atoms with Gasteiger partial charge in [0.05, 0.1) is 12.6 Å². The molecule has 0 aromatic carbocycles. The fourth-order valence-corrected chi connectivity index (χ4v) is 2.66. The van der Waals surface area contributed by atoms with Gasteiger partial charge in [0.2, 0.25) is 17.7 Å². The molecular formula is C17H32N4O6S. The predicted molar refractivity (Wildman–Crippen MR) is 107 cm³/mol. The van der Waals surface area contributed by atoms with Crippen LogP contribution in [0.2, 0.25) is 0 Å².